The molecule has 0 radical (unpaired) electrons. The Morgan fingerprint density at radius 2 is 1.96 bits per heavy atom. The van der Waals surface area contributed by atoms with Gasteiger partial charge >= 0.3 is 0 Å². The topological polar surface area (TPSA) is 98.6 Å². The van der Waals surface area contributed by atoms with Gasteiger partial charge in [-0.1, -0.05) is 25.1 Å². The predicted molar refractivity (Wildman–Crippen MR) is 95.2 cm³/mol. The van der Waals surface area contributed by atoms with Crippen molar-refractivity contribution >= 4 is 22.4 Å². The molecule has 1 aromatic heterocycles. The lowest BCUT2D eigenvalue weighted by Gasteiger charge is -2.08. The summed E-state index contributed by atoms with van der Waals surface area (Å²) in [5.74, 6) is -0.109. The summed E-state index contributed by atoms with van der Waals surface area (Å²) >= 11 is 0. The molecule has 0 bridgehead atoms. The van der Waals surface area contributed by atoms with Crippen LogP contribution in [0.15, 0.2) is 47.3 Å². The van der Waals surface area contributed by atoms with E-state index in [1.807, 2.05) is 12.1 Å². The Bertz CT molecular complexity index is 1030. The number of hydrogen-bond donors (Lipinski definition) is 2. The van der Waals surface area contributed by atoms with Crippen LogP contribution < -0.4 is 10.9 Å². The number of fused-ring (bicyclic) bond motifs is 1. The molecule has 124 valence electrons. The Labute approximate surface area is 144 Å². The first kappa shape index (κ1) is 16.4. The van der Waals surface area contributed by atoms with Crippen molar-refractivity contribution in [2.45, 2.75) is 19.8 Å². The number of carbonyl (C=O) groups excluding carboxylic acids is 1. The monoisotopic (exact) mass is 332 g/mol. The first-order valence-electron chi connectivity index (χ1n) is 7.91. The Balaban J connectivity index is 1.98. The van der Waals surface area contributed by atoms with Gasteiger partial charge < -0.3 is 5.32 Å². The molecule has 0 aliphatic rings. The van der Waals surface area contributed by atoms with E-state index in [0.29, 0.717) is 29.5 Å². The number of amides is 1. The van der Waals surface area contributed by atoms with Crippen molar-refractivity contribution < 1.29 is 4.79 Å². The minimum Gasteiger partial charge on any atom is -0.326 e. The lowest BCUT2D eigenvalue weighted by atomic mass is 10.0. The number of aromatic nitrogens is 2. The number of hydrogen-bond acceptors (Lipinski definition) is 4. The van der Waals surface area contributed by atoms with Crippen LogP contribution in [0, 0.1) is 11.3 Å². The maximum Gasteiger partial charge on any atom is 0.272 e. The molecular weight excluding hydrogens is 316 g/mol. The molecule has 0 aliphatic carbocycles. The zero-order valence-corrected chi connectivity index (χ0v) is 13.7. The van der Waals surface area contributed by atoms with E-state index in [1.165, 1.54) is 0 Å². The molecule has 0 saturated heterocycles. The van der Waals surface area contributed by atoms with Gasteiger partial charge in [0.1, 0.15) is 0 Å². The maximum absolute atomic E-state index is 12.1. The zero-order chi connectivity index (χ0) is 17.8. The third kappa shape index (κ3) is 3.56. The van der Waals surface area contributed by atoms with Gasteiger partial charge in [-0.05, 0) is 29.8 Å². The molecule has 6 nitrogen and oxygen atoms in total. The van der Waals surface area contributed by atoms with Crippen molar-refractivity contribution in [3.63, 3.8) is 0 Å². The van der Waals surface area contributed by atoms with Crippen LogP contribution in [0.3, 0.4) is 0 Å². The molecule has 0 aliphatic heterocycles. The normalized spacial score (nSPS) is 10.4. The number of carbonyl (C=O) groups is 1. The molecule has 1 amide bonds. The summed E-state index contributed by atoms with van der Waals surface area (Å²) in [6, 6.07) is 14.5. The fraction of sp³-hybridized carbons (Fsp3) is 0.158. The molecule has 2 N–H and O–H groups in total. The largest absolute Gasteiger partial charge is 0.326 e. The highest BCUT2D eigenvalue weighted by Crippen LogP contribution is 2.20. The zero-order valence-electron chi connectivity index (χ0n) is 13.7. The fourth-order valence-corrected chi connectivity index (χ4v) is 2.57. The summed E-state index contributed by atoms with van der Waals surface area (Å²) in [6.45, 7) is 1.77. The lowest BCUT2D eigenvalue weighted by Crippen LogP contribution is -2.13. The molecule has 0 atom stereocenters. The quantitative estimate of drug-likeness (QED) is 0.767. The highest BCUT2D eigenvalue weighted by atomic mass is 16.1. The van der Waals surface area contributed by atoms with E-state index in [9.17, 15) is 9.59 Å². The average molecular weight is 332 g/mol. The summed E-state index contributed by atoms with van der Waals surface area (Å²) < 4.78 is 0. The van der Waals surface area contributed by atoms with Gasteiger partial charge in [-0.3, -0.25) is 9.59 Å². The van der Waals surface area contributed by atoms with Crippen molar-refractivity contribution in [1.29, 1.82) is 5.26 Å². The molecule has 2 aromatic carbocycles. The molecular formula is C19H16N4O2. The molecule has 1 heterocycles. The SMILES string of the molecule is CCC(=O)Nc1ccc2c(Cc3ccc(C#N)cc3)n[nH]c(=O)c2c1. The second-order valence-corrected chi connectivity index (χ2v) is 5.65. The predicted octanol–water partition coefficient (Wildman–Crippen LogP) is 2.73. The molecule has 3 rings (SSSR count). The van der Waals surface area contributed by atoms with E-state index in [1.54, 1.807) is 37.3 Å². The number of nitrogens with one attached hydrogen (secondary N) is 2. The van der Waals surface area contributed by atoms with E-state index in [2.05, 4.69) is 21.6 Å². The van der Waals surface area contributed by atoms with E-state index in [-0.39, 0.29) is 11.5 Å². The second kappa shape index (κ2) is 6.97. The van der Waals surface area contributed by atoms with Crippen LogP contribution in [0.2, 0.25) is 0 Å². The highest BCUT2D eigenvalue weighted by molar-refractivity contribution is 5.94. The summed E-state index contributed by atoms with van der Waals surface area (Å²) in [5.41, 5.74) is 2.60. The fourth-order valence-electron chi connectivity index (χ4n) is 2.57. The summed E-state index contributed by atoms with van der Waals surface area (Å²) in [4.78, 5) is 23.6. The van der Waals surface area contributed by atoms with Crippen LogP contribution in [0.4, 0.5) is 5.69 Å². The van der Waals surface area contributed by atoms with Gasteiger partial charge in [-0.25, -0.2) is 5.10 Å². The summed E-state index contributed by atoms with van der Waals surface area (Å²) in [7, 11) is 0. The van der Waals surface area contributed by atoms with Crippen LogP contribution in [-0.2, 0) is 11.2 Å². The Morgan fingerprint density at radius 1 is 1.20 bits per heavy atom. The number of aromatic amines is 1. The molecule has 0 saturated carbocycles. The number of rotatable bonds is 4. The van der Waals surface area contributed by atoms with Crippen LogP contribution in [0.25, 0.3) is 10.8 Å². The molecule has 0 fully saturated rings. The van der Waals surface area contributed by atoms with Gasteiger partial charge in [0.05, 0.1) is 22.7 Å². The van der Waals surface area contributed by atoms with E-state index < -0.39 is 0 Å². The third-order valence-electron chi connectivity index (χ3n) is 3.93. The average Bonchev–Trinajstić information content (AvgIpc) is 2.64. The molecule has 0 unspecified atom stereocenters. The molecule has 0 spiro atoms. The number of nitriles is 1. The minimum atomic E-state index is -0.300. The van der Waals surface area contributed by atoms with Crippen LogP contribution >= 0.6 is 0 Å². The molecule has 3 aromatic rings. The molecule has 6 heteroatoms. The maximum atomic E-state index is 12.1. The van der Waals surface area contributed by atoms with Crippen LogP contribution in [0.1, 0.15) is 30.2 Å². The summed E-state index contributed by atoms with van der Waals surface area (Å²) in [5, 5.41) is 19.5. The van der Waals surface area contributed by atoms with Crippen molar-refractivity contribution in [3.8, 4) is 6.07 Å². The lowest BCUT2D eigenvalue weighted by molar-refractivity contribution is -0.115. The van der Waals surface area contributed by atoms with Crippen molar-refractivity contribution in [2.24, 2.45) is 0 Å². The van der Waals surface area contributed by atoms with Crippen molar-refractivity contribution in [3.05, 3.63) is 69.6 Å². The Hall–Kier alpha value is -3.46. The standard InChI is InChI=1S/C19H16N4O2/c1-2-18(24)21-14-7-8-15-16(10-14)19(25)23-22-17(15)9-12-3-5-13(11-20)6-4-12/h3-8,10H,2,9H2,1H3,(H,21,24)(H,23,25). The number of nitrogens with zero attached hydrogens (tertiary/aromatic N) is 2. The minimum absolute atomic E-state index is 0.109. The Morgan fingerprint density at radius 3 is 2.64 bits per heavy atom. The van der Waals surface area contributed by atoms with Gasteiger partial charge in [0, 0.05) is 23.9 Å². The van der Waals surface area contributed by atoms with E-state index >= 15 is 0 Å². The first-order chi connectivity index (χ1) is 12.1. The van der Waals surface area contributed by atoms with Crippen LogP contribution in [-0.4, -0.2) is 16.1 Å². The van der Waals surface area contributed by atoms with Crippen LogP contribution in [0.5, 0.6) is 0 Å². The van der Waals surface area contributed by atoms with Crippen molar-refractivity contribution in [2.75, 3.05) is 5.32 Å². The number of benzene rings is 2. The van der Waals surface area contributed by atoms with Gasteiger partial charge in [-0.15, -0.1) is 0 Å². The Kier molecular flexibility index (Phi) is 4.57. The smallest absolute Gasteiger partial charge is 0.272 e. The first-order valence-corrected chi connectivity index (χ1v) is 7.91. The van der Waals surface area contributed by atoms with Gasteiger partial charge in [0.25, 0.3) is 5.56 Å². The van der Waals surface area contributed by atoms with Gasteiger partial charge in [-0.2, -0.15) is 10.4 Å². The van der Waals surface area contributed by atoms with Gasteiger partial charge in [0.15, 0.2) is 0 Å². The third-order valence-corrected chi connectivity index (χ3v) is 3.93. The van der Waals surface area contributed by atoms with E-state index in [0.717, 1.165) is 16.6 Å². The highest BCUT2D eigenvalue weighted by Gasteiger charge is 2.09. The van der Waals surface area contributed by atoms with Gasteiger partial charge in [0.2, 0.25) is 5.91 Å². The second-order valence-electron chi connectivity index (χ2n) is 5.65. The van der Waals surface area contributed by atoms with E-state index in [4.69, 9.17) is 5.26 Å². The van der Waals surface area contributed by atoms with Crippen molar-refractivity contribution in [1.82, 2.24) is 10.2 Å². The summed E-state index contributed by atoms with van der Waals surface area (Å²) in [6.07, 6.45) is 0.897. The number of anilines is 1. The molecule has 25 heavy (non-hydrogen) atoms. The number of H-pyrrole nitrogens is 1.